The van der Waals surface area contributed by atoms with Crippen LogP contribution in [0.3, 0.4) is 0 Å². The largest absolute Gasteiger partial charge is 0.493 e. The summed E-state index contributed by atoms with van der Waals surface area (Å²) in [7, 11) is 0. The van der Waals surface area contributed by atoms with Crippen molar-refractivity contribution in [1.82, 2.24) is 0 Å². The van der Waals surface area contributed by atoms with Gasteiger partial charge in [-0.2, -0.15) is 0 Å². The lowest BCUT2D eigenvalue weighted by Crippen LogP contribution is -2.51. The van der Waals surface area contributed by atoms with E-state index in [0.29, 0.717) is 59.2 Å². The third-order valence-corrected chi connectivity index (χ3v) is 16.3. The van der Waals surface area contributed by atoms with Crippen LogP contribution in [0.1, 0.15) is 150 Å². The molecule has 0 N–H and O–H groups in total. The second-order valence-corrected chi connectivity index (χ2v) is 20.5. The molecule has 0 radical (unpaired) electrons. The maximum absolute atomic E-state index is 13.4. The van der Waals surface area contributed by atoms with Gasteiger partial charge in [0.25, 0.3) is 0 Å². The molecular formula is C54H68O8. The van der Waals surface area contributed by atoms with Crippen LogP contribution >= 0.6 is 0 Å². The summed E-state index contributed by atoms with van der Waals surface area (Å²) < 4.78 is 28.6. The van der Waals surface area contributed by atoms with Crippen LogP contribution in [0.2, 0.25) is 0 Å². The summed E-state index contributed by atoms with van der Waals surface area (Å²) in [6.07, 6.45) is 16.9. The average molecular weight is 845 g/mol. The molecule has 3 saturated carbocycles. The minimum atomic E-state index is -0.567. The monoisotopic (exact) mass is 844 g/mol. The van der Waals surface area contributed by atoms with Crippen molar-refractivity contribution in [2.75, 3.05) is 19.8 Å². The molecule has 1 aliphatic heterocycles. The van der Waals surface area contributed by atoms with E-state index in [9.17, 15) is 14.4 Å². The van der Waals surface area contributed by atoms with Crippen LogP contribution in [-0.4, -0.2) is 43.8 Å². The van der Waals surface area contributed by atoms with Crippen molar-refractivity contribution in [1.29, 1.82) is 0 Å². The highest BCUT2D eigenvalue weighted by Crippen LogP contribution is 2.67. The molecule has 3 aromatic rings. The Bertz CT molecular complexity index is 2080. The van der Waals surface area contributed by atoms with Crippen molar-refractivity contribution in [2.24, 2.45) is 51.8 Å². The summed E-state index contributed by atoms with van der Waals surface area (Å²) in [5.74, 6) is 4.65. The van der Waals surface area contributed by atoms with Crippen LogP contribution in [0, 0.1) is 51.8 Å². The van der Waals surface area contributed by atoms with E-state index in [1.807, 2.05) is 0 Å². The van der Waals surface area contributed by atoms with E-state index in [4.69, 9.17) is 23.7 Å². The predicted molar refractivity (Wildman–Crippen MR) is 241 cm³/mol. The van der Waals surface area contributed by atoms with E-state index in [1.54, 1.807) is 72.8 Å². The number of esters is 3. The first-order chi connectivity index (χ1) is 29.8. The number of carbonyl (C=O) groups excluding carboxylic acids is 3. The number of carbonyl (C=O) groups is 3. The Morgan fingerprint density at radius 2 is 1.31 bits per heavy atom. The average Bonchev–Trinajstić information content (AvgIpc) is 3.61. The van der Waals surface area contributed by atoms with Crippen molar-refractivity contribution in [3.63, 3.8) is 0 Å². The topological polar surface area (TPSA) is 97.4 Å². The summed E-state index contributed by atoms with van der Waals surface area (Å²) in [5, 5.41) is 0. The molecule has 1 heterocycles. The highest BCUT2D eigenvalue weighted by molar-refractivity contribution is 5.93. The van der Waals surface area contributed by atoms with E-state index in [2.05, 4.69) is 47.6 Å². The molecule has 4 fully saturated rings. The lowest BCUT2D eigenvalue weighted by Gasteiger charge is -2.58. The summed E-state index contributed by atoms with van der Waals surface area (Å²) in [4.78, 5) is 39.2. The molecule has 5 aliphatic rings. The molecule has 62 heavy (non-hydrogen) atoms. The molecule has 0 spiro atoms. The minimum Gasteiger partial charge on any atom is -0.493 e. The molecule has 8 heteroatoms. The van der Waals surface area contributed by atoms with Crippen molar-refractivity contribution in [2.45, 2.75) is 125 Å². The van der Waals surface area contributed by atoms with Gasteiger partial charge in [-0.25, -0.2) is 14.4 Å². The molecule has 0 aromatic heterocycles. The first-order valence-electron chi connectivity index (χ1n) is 23.6. The molecule has 0 amide bonds. The lowest BCUT2D eigenvalue weighted by molar-refractivity contribution is -0.133. The van der Waals surface area contributed by atoms with Gasteiger partial charge in [-0.3, -0.25) is 0 Å². The van der Waals surface area contributed by atoms with Gasteiger partial charge in [0, 0.05) is 6.42 Å². The molecule has 0 bridgehead atoms. The Balaban J connectivity index is 0.797. The quantitative estimate of drug-likeness (QED) is 0.0847. The number of allylic oxidation sites excluding steroid dienone is 1. The molecule has 8 rings (SSSR count). The van der Waals surface area contributed by atoms with Crippen molar-refractivity contribution < 1.29 is 38.1 Å². The van der Waals surface area contributed by atoms with E-state index in [-0.39, 0.29) is 22.9 Å². The zero-order chi connectivity index (χ0) is 43.6. The summed E-state index contributed by atoms with van der Waals surface area (Å²) in [6, 6.07) is 19.6. The van der Waals surface area contributed by atoms with Gasteiger partial charge in [-0.05, 0) is 171 Å². The van der Waals surface area contributed by atoms with Gasteiger partial charge in [0.1, 0.15) is 23.4 Å². The van der Waals surface area contributed by atoms with Crippen LogP contribution in [0.4, 0.5) is 0 Å². The normalized spacial score (nSPS) is 28.9. The molecule has 8 unspecified atom stereocenters. The number of hydrogen-bond donors (Lipinski definition) is 0. The summed E-state index contributed by atoms with van der Waals surface area (Å²) >= 11 is 0. The SMILES string of the molecule is CCC1(COc2ccc(C(=O)Oc3ccc(C(=O)Oc4ccc(C(=O)OC5CCC6(C)C(=CCC7C6CCC6(C)C(C(C)CCCC(C)C)CCC76)C5)cc4)cc3)cc2)COC1. The van der Waals surface area contributed by atoms with E-state index in [1.165, 1.54) is 56.9 Å². The molecule has 4 aliphatic carbocycles. The highest BCUT2D eigenvalue weighted by Gasteiger charge is 2.59. The first-order valence-corrected chi connectivity index (χ1v) is 23.6. The van der Waals surface area contributed by atoms with Gasteiger partial charge >= 0.3 is 17.9 Å². The molecular weight excluding hydrogens is 777 g/mol. The van der Waals surface area contributed by atoms with Crippen molar-refractivity contribution >= 4 is 17.9 Å². The van der Waals surface area contributed by atoms with Crippen LogP contribution in [0.5, 0.6) is 17.2 Å². The van der Waals surface area contributed by atoms with Crippen LogP contribution in [0.25, 0.3) is 0 Å². The Morgan fingerprint density at radius 1 is 0.710 bits per heavy atom. The van der Waals surface area contributed by atoms with Crippen LogP contribution in [0.15, 0.2) is 84.4 Å². The smallest absolute Gasteiger partial charge is 0.343 e. The second-order valence-electron chi connectivity index (χ2n) is 20.5. The predicted octanol–water partition coefficient (Wildman–Crippen LogP) is 12.5. The van der Waals surface area contributed by atoms with Gasteiger partial charge in [0.2, 0.25) is 0 Å². The fraction of sp³-hybridized carbons (Fsp3) is 0.574. The summed E-state index contributed by atoms with van der Waals surface area (Å²) in [5.41, 5.74) is 3.34. The van der Waals surface area contributed by atoms with Gasteiger partial charge in [-0.1, -0.05) is 72.5 Å². The van der Waals surface area contributed by atoms with Crippen molar-refractivity contribution in [3.8, 4) is 17.2 Å². The molecule has 1 saturated heterocycles. The molecule has 8 nitrogen and oxygen atoms in total. The Morgan fingerprint density at radius 3 is 1.87 bits per heavy atom. The first kappa shape index (κ1) is 44.2. The Labute approximate surface area is 369 Å². The fourth-order valence-electron chi connectivity index (χ4n) is 12.3. The Hall–Kier alpha value is -4.43. The lowest BCUT2D eigenvalue weighted by atomic mass is 9.47. The van der Waals surface area contributed by atoms with Gasteiger partial charge in [0.15, 0.2) is 0 Å². The van der Waals surface area contributed by atoms with E-state index < -0.39 is 11.9 Å². The molecule has 3 aromatic carbocycles. The van der Waals surface area contributed by atoms with E-state index >= 15 is 0 Å². The number of fused-ring (bicyclic) bond motifs is 5. The highest BCUT2D eigenvalue weighted by atomic mass is 16.5. The molecule has 332 valence electrons. The number of benzene rings is 3. The zero-order valence-corrected chi connectivity index (χ0v) is 37.9. The maximum atomic E-state index is 13.4. The van der Waals surface area contributed by atoms with Crippen molar-refractivity contribution in [3.05, 3.63) is 101 Å². The minimum absolute atomic E-state index is 0.0661. The maximum Gasteiger partial charge on any atom is 0.343 e. The third-order valence-electron chi connectivity index (χ3n) is 16.3. The van der Waals surface area contributed by atoms with Gasteiger partial charge in [-0.15, -0.1) is 0 Å². The van der Waals surface area contributed by atoms with Crippen LogP contribution in [-0.2, 0) is 9.47 Å². The Kier molecular flexibility index (Phi) is 13.1. The standard InChI is InChI=1S/C54H68O8/c1-7-54(32-58-33-54)34-59-41-18-11-37(12-19-41)49(55)60-42-20-13-38(14-21-42)50(56)61-43-22-15-39(16-23-43)51(57)62-44-27-29-52(5)40(31-44)17-24-45-47-26-25-46(36(4)10-8-9-35(2)3)53(47,6)30-28-48(45)52/h11-23,35-36,44-48H,7-10,24-34H2,1-6H3. The fourth-order valence-corrected chi connectivity index (χ4v) is 12.3. The summed E-state index contributed by atoms with van der Waals surface area (Å²) in [6.45, 7) is 16.5. The number of hydrogen-bond acceptors (Lipinski definition) is 8. The molecule has 8 atom stereocenters. The van der Waals surface area contributed by atoms with Gasteiger partial charge in [0.05, 0.1) is 41.9 Å². The van der Waals surface area contributed by atoms with Crippen LogP contribution < -0.4 is 14.2 Å². The number of rotatable bonds is 15. The second kappa shape index (κ2) is 18.3. The van der Waals surface area contributed by atoms with Gasteiger partial charge < -0.3 is 23.7 Å². The third kappa shape index (κ3) is 9.14. The zero-order valence-electron chi connectivity index (χ0n) is 37.9. The van der Waals surface area contributed by atoms with E-state index in [0.717, 1.165) is 61.2 Å². The number of ether oxygens (including phenoxy) is 5.